The zero-order chi connectivity index (χ0) is 26.3. The van der Waals surface area contributed by atoms with E-state index in [1.54, 1.807) is 31.2 Å². The first-order valence-corrected chi connectivity index (χ1v) is 12.7. The van der Waals surface area contributed by atoms with Crippen molar-refractivity contribution in [2.45, 2.75) is 24.4 Å². The number of nitrogens with zero attached hydrogens (tertiary/aromatic N) is 1. The molecule has 1 atom stereocenters. The number of halogens is 2. The minimum Gasteiger partial charge on any atom is -0.484 e. The molecule has 8 nitrogen and oxygen atoms in total. The van der Waals surface area contributed by atoms with Gasteiger partial charge in [-0.3, -0.25) is 14.3 Å². The largest absolute Gasteiger partial charge is 0.484 e. The fourth-order valence-corrected chi connectivity index (χ4v) is 4.44. The van der Waals surface area contributed by atoms with Gasteiger partial charge in [-0.2, -0.15) is 0 Å². The molecule has 190 valence electrons. The van der Waals surface area contributed by atoms with Gasteiger partial charge in [0.05, 0.1) is 4.90 Å². The van der Waals surface area contributed by atoms with Crippen molar-refractivity contribution in [2.75, 3.05) is 18.4 Å². The van der Waals surface area contributed by atoms with E-state index in [1.165, 1.54) is 48.3 Å². The van der Waals surface area contributed by atoms with E-state index < -0.39 is 27.8 Å². The van der Waals surface area contributed by atoms with Crippen LogP contribution in [0.5, 0.6) is 5.75 Å². The van der Waals surface area contributed by atoms with E-state index in [1.807, 2.05) is 0 Å². The average Bonchev–Trinajstić information content (AvgIpc) is 2.87. The molecule has 2 amide bonds. The summed E-state index contributed by atoms with van der Waals surface area (Å²) in [6.07, 6.45) is 0. The van der Waals surface area contributed by atoms with E-state index in [2.05, 4.69) is 10.0 Å². The molecule has 0 saturated carbocycles. The smallest absolute Gasteiger partial charge is 0.261 e. The Balaban J connectivity index is 1.67. The van der Waals surface area contributed by atoms with Gasteiger partial charge in [0.15, 0.2) is 6.61 Å². The molecular weight excluding hydrogens is 509 g/mol. The van der Waals surface area contributed by atoms with E-state index >= 15 is 0 Å². The topological polar surface area (TPSA) is 105 Å². The number of hydrogen-bond donors (Lipinski definition) is 2. The fraction of sp³-hybridized carbons (Fsp3) is 0.200. The molecule has 11 heteroatoms. The lowest BCUT2D eigenvalue weighted by Gasteiger charge is -2.28. The Morgan fingerprint density at radius 2 is 1.61 bits per heavy atom. The van der Waals surface area contributed by atoms with Crippen molar-refractivity contribution in [1.82, 2.24) is 10.2 Å². The highest BCUT2D eigenvalue weighted by Crippen LogP contribution is 2.20. The summed E-state index contributed by atoms with van der Waals surface area (Å²) in [6.45, 7) is 1.41. The van der Waals surface area contributed by atoms with Crippen molar-refractivity contribution >= 4 is 39.1 Å². The van der Waals surface area contributed by atoms with Crippen LogP contribution in [0.15, 0.2) is 77.7 Å². The van der Waals surface area contributed by atoms with Crippen LogP contribution >= 0.6 is 11.6 Å². The molecule has 3 rings (SSSR count). The Bertz CT molecular complexity index is 1300. The Morgan fingerprint density at radius 1 is 1.00 bits per heavy atom. The molecule has 0 aliphatic rings. The molecule has 0 aliphatic heterocycles. The number of ether oxygens (including phenoxy) is 1. The van der Waals surface area contributed by atoms with Gasteiger partial charge in [0.1, 0.15) is 17.6 Å². The number of hydrogen-bond acceptors (Lipinski definition) is 5. The summed E-state index contributed by atoms with van der Waals surface area (Å²) >= 11 is 5.93. The van der Waals surface area contributed by atoms with Crippen LogP contribution in [0.25, 0.3) is 0 Å². The minimum absolute atomic E-state index is 0.0388. The number of amides is 2. The molecule has 0 unspecified atom stereocenters. The molecule has 3 aromatic rings. The Kier molecular flexibility index (Phi) is 8.89. The minimum atomic E-state index is -3.91. The van der Waals surface area contributed by atoms with E-state index in [-0.39, 0.29) is 35.4 Å². The molecule has 0 heterocycles. The SMILES string of the molecule is CNC(=O)[C@H](C)N(Cc1ccc(Cl)cc1)C(=O)COc1ccc(S(=O)(=O)Nc2ccc(F)cc2)cc1. The first-order chi connectivity index (χ1) is 17.1. The molecule has 0 bridgehead atoms. The second kappa shape index (κ2) is 11.9. The van der Waals surface area contributed by atoms with E-state index in [9.17, 15) is 22.4 Å². The molecule has 0 aromatic heterocycles. The summed E-state index contributed by atoms with van der Waals surface area (Å²) in [4.78, 5) is 26.5. The molecule has 0 aliphatic carbocycles. The molecule has 0 saturated heterocycles. The Labute approximate surface area is 214 Å². The summed E-state index contributed by atoms with van der Waals surface area (Å²) < 4.78 is 46.1. The van der Waals surface area contributed by atoms with Gasteiger partial charge in [-0.1, -0.05) is 23.7 Å². The predicted molar refractivity (Wildman–Crippen MR) is 135 cm³/mol. The van der Waals surface area contributed by atoms with E-state index in [0.717, 1.165) is 17.7 Å². The van der Waals surface area contributed by atoms with Crippen molar-refractivity contribution in [2.24, 2.45) is 0 Å². The zero-order valence-electron chi connectivity index (χ0n) is 19.6. The molecule has 2 N–H and O–H groups in total. The summed E-state index contributed by atoms with van der Waals surface area (Å²) in [5.74, 6) is -0.982. The number of carbonyl (C=O) groups is 2. The lowest BCUT2D eigenvalue weighted by atomic mass is 10.1. The summed E-state index contributed by atoms with van der Waals surface area (Å²) in [5, 5.41) is 3.09. The number of sulfonamides is 1. The molecule has 0 radical (unpaired) electrons. The van der Waals surface area contributed by atoms with Crippen molar-refractivity contribution in [3.05, 3.63) is 89.2 Å². The van der Waals surface area contributed by atoms with Crippen LogP contribution in [0, 0.1) is 5.82 Å². The predicted octanol–water partition coefficient (Wildman–Crippen LogP) is 3.82. The third kappa shape index (κ3) is 7.19. The van der Waals surface area contributed by atoms with Gasteiger partial charge >= 0.3 is 0 Å². The summed E-state index contributed by atoms with van der Waals surface area (Å²) in [6, 6.07) is 16.6. The summed E-state index contributed by atoms with van der Waals surface area (Å²) in [7, 11) is -2.42. The van der Waals surface area contributed by atoms with Crippen LogP contribution < -0.4 is 14.8 Å². The lowest BCUT2D eigenvalue weighted by molar-refractivity contribution is -0.142. The van der Waals surface area contributed by atoms with Crippen molar-refractivity contribution < 1.29 is 27.1 Å². The number of anilines is 1. The van der Waals surface area contributed by atoms with Crippen molar-refractivity contribution in [3.8, 4) is 5.75 Å². The normalized spacial score (nSPS) is 11.9. The third-order valence-electron chi connectivity index (χ3n) is 5.27. The molecule has 36 heavy (non-hydrogen) atoms. The maximum absolute atomic E-state index is 13.0. The number of rotatable bonds is 10. The number of benzene rings is 3. The highest BCUT2D eigenvalue weighted by molar-refractivity contribution is 7.92. The first-order valence-electron chi connectivity index (χ1n) is 10.9. The first kappa shape index (κ1) is 27.0. The van der Waals surface area contributed by atoms with Gasteiger partial charge in [-0.05, 0) is 73.2 Å². The second-order valence-corrected chi connectivity index (χ2v) is 9.93. The van der Waals surface area contributed by atoms with Crippen molar-refractivity contribution in [3.63, 3.8) is 0 Å². The van der Waals surface area contributed by atoms with Crippen LogP contribution in [0.1, 0.15) is 12.5 Å². The van der Waals surface area contributed by atoms with Crippen LogP contribution in [0.3, 0.4) is 0 Å². The van der Waals surface area contributed by atoms with E-state index in [0.29, 0.717) is 5.02 Å². The maximum atomic E-state index is 13.0. The molecule has 0 fully saturated rings. The third-order valence-corrected chi connectivity index (χ3v) is 6.92. The fourth-order valence-electron chi connectivity index (χ4n) is 3.25. The molecule has 0 spiro atoms. The monoisotopic (exact) mass is 533 g/mol. The standard InChI is InChI=1S/C25H25ClFN3O5S/c1-17(25(32)28-2)30(15-18-3-5-19(26)6-4-18)24(31)16-35-22-11-13-23(14-12-22)36(33,34)29-21-9-7-20(27)8-10-21/h3-14,17,29H,15-16H2,1-2H3,(H,28,32)/t17-/m0/s1. The van der Waals surface area contributed by atoms with E-state index in [4.69, 9.17) is 16.3 Å². The van der Waals surface area contributed by atoms with Crippen LogP contribution in [0.4, 0.5) is 10.1 Å². The average molecular weight is 534 g/mol. The van der Waals surface area contributed by atoms with Crippen LogP contribution in [-0.2, 0) is 26.2 Å². The number of nitrogens with one attached hydrogen (secondary N) is 2. The highest BCUT2D eigenvalue weighted by Gasteiger charge is 2.26. The molecular formula is C25H25ClFN3O5S. The number of carbonyl (C=O) groups excluding carboxylic acids is 2. The van der Waals surface area contributed by atoms with Gasteiger partial charge in [0.25, 0.3) is 15.9 Å². The van der Waals surface area contributed by atoms with Gasteiger partial charge < -0.3 is 15.0 Å². The van der Waals surface area contributed by atoms with Gasteiger partial charge in [-0.25, -0.2) is 12.8 Å². The van der Waals surface area contributed by atoms with Gasteiger partial charge in [-0.15, -0.1) is 0 Å². The summed E-state index contributed by atoms with van der Waals surface area (Å²) in [5.41, 5.74) is 1.00. The van der Waals surface area contributed by atoms with Crippen molar-refractivity contribution in [1.29, 1.82) is 0 Å². The Hall–Kier alpha value is -3.63. The maximum Gasteiger partial charge on any atom is 0.261 e. The van der Waals surface area contributed by atoms with Gasteiger partial charge in [0, 0.05) is 24.3 Å². The lowest BCUT2D eigenvalue weighted by Crippen LogP contribution is -2.48. The van der Waals surface area contributed by atoms with Gasteiger partial charge in [0.2, 0.25) is 5.91 Å². The van der Waals surface area contributed by atoms with Crippen LogP contribution in [-0.4, -0.2) is 44.8 Å². The number of likely N-dealkylation sites (N-methyl/N-ethyl adjacent to an activating group) is 1. The second-order valence-electron chi connectivity index (χ2n) is 7.81. The molecule has 3 aromatic carbocycles. The van der Waals surface area contributed by atoms with Crippen LogP contribution in [0.2, 0.25) is 5.02 Å². The highest BCUT2D eigenvalue weighted by atomic mass is 35.5. The quantitative estimate of drug-likeness (QED) is 0.412. The Morgan fingerprint density at radius 3 is 2.19 bits per heavy atom. The zero-order valence-corrected chi connectivity index (χ0v) is 21.1.